The van der Waals surface area contributed by atoms with Crippen molar-refractivity contribution >= 4 is 23.6 Å². The van der Waals surface area contributed by atoms with E-state index in [-0.39, 0.29) is 0 Å². The molecule has 6 nitrogen and oxygen atoms in total. The first kappa shape index (κ1) is 12.6. The Morgan fingerprint density at radius 2 is 2.00 bits per heavy atom. The normalized spacial score (nSPS) is 20.1. The Kier molecular flexibility index (Phi) is 2.88. The van der Waals surface area contributed by atoms with Crippen molar-refractivity contribution in [2.45, 2.75) is 18.4 Å². The van der Waals surface area contributed by atoms with Crippen molar-refractivity contribution in [3.05, 3.63) is 29.8 Å². The van der Waals surface area contributed by atoms with Crippen LogP contribution in [-0.4, -0.2) is 31.0 Å². The van der Waals surface area contributed by atoms with Crippen LogP contribution in [0, 0.1) is 0 Å². The zero-order valence-electron chi connectivity index (χ0n) is 10.8. The molecule has 102 valence electrons. The summed E-state index contributed by atoms with van der Waals surface area (Å²) in [5.41, 5.74) is 0.905. The van der Waals surface area contributed by atoms with Crippen LogP contribution in [0.15, 0.2) is 29.3 Å². The van der Waals surface area contributed by atoms with E-state index >= 15 is 0 Å². The van der Waals surface area contributed by atoms with Crippen LogP contribution in [0.25, 0.3) is 0 Å². The number of aliphatic imine (C=N–C) groups is 1. The van der Waals surface area contributed by atoms with Gasteiger partial charge in [0, 0.05) is 24.3 Å². The van der Waals surface area contributed by atoms with E-state index in [1.165, 1.54) is 4.90 Å². The number of nitrogens with zero attached hydrogens (tertiary/aromatic N) is 2. The lowest BCUT2D eigenvalue weighted by molar-refractivity contribution is -0.138. The van der Waals surface area contributed by atoms with Gasteiger partial charge in [-0.3, -0.25) is 9.59 Å². The highest BCUT2D eigenvalue weighted by Gasteiger charge is 2.47. The number of amides is 2. The number of benzene rings is 1. The Hall–Kier alpha value is -2.46. The minimum Gasteiger partial charge on any atom is -0.346 e. The Balaban J connectivity index is 2.04. The summed E-state index contributed by atoms with van der Waals surface area (Å²) in [6.07, 6.45) is 3.13. The van der Waals surface area contributed by atoms with Crippen LogP contribution in [0.2, 0.25) is 0 Å². The number of isocyanates is 1. The number of nitrogens with one attached hydrogen (secondary N) is 1. The van der Waals surface area contributed by atoms with Gasteiger partial charge >= 0.3 is 11.8 Å². The van der Waals surface area contributed by atoms with Crippen LogP contribution in [0.4, 0.5) is 5.69 Å². The van der Waals surface area contributed by atoms with E-state index in [9.17, 15) is 14.4 Å². The molecular formula is C14H13N3O3. The third-order valence-electron chi connectivity index (χ3n) is 3.74. The molecule has 1 N–H and O–H groups in total. The molecule has 1 aliphatic carbocycles. The third kappa shape index (κ3) is 1.90. The zero-order valence-corrected chi connectivity index (χ0v) is 10.8. The van der Waals surface area contributed by atoms with Crippen molar-refractivity contribution < 1.29 is 14.4 Å². The van der Waals surface area contributed by atoms with E-state index in [4.69, 9.17) is 0 Å². The topological polar surface area (TPSA) is 78.8 Å². The van der Waals surface area contributed by atoms with Gasteiger partial charge < -0.3 is 10.2 Å². The number of hydrogen-bond donors (Lipinski definition) is 1. The number of anilines is 1. The summed E-state index contributed by atoms with van der Waals surface area (Å²) in [6.45, 7) is 0.839. The largest absolute Gasteiger partial charge is 0.346 e. The van der Waals surface area contributed by atoms with E-state index in [1.54, 1.807) is 18.2 Å². The summed E-state index contributed by atoms with van der Waals surface area (Å²) in [5, 5.41) is 2.51. The summed E-state index contributed by atoms with van der Waals surface area (Å²) >= 11 is 0. The predicted octanol–water partition coefficient (Wildman–Crippen LogP) is 0.474. The third-order valence-corrected chi connectivity index (χ3v) is 3.74. The lowest BCUT2D eigenvalue weighted by atomic mass is 10.0. The zero-order chi connectivity index (χ0) is 14.2. The molecule has 1 aliphatic heterocycles. The number of carbonyl (C=O) groups is 2. The second kappa shape index (κ2) is 4.58. The van der Waals surface area contributed by atoms with Crippen molar-refractivity contribution in [2.75, 3.05) is 18.0 Å². The smallest absolute Gasteiger partial charge is 0.316 e. The molecule has 1 aromatic rings. The van der Waals surface area contributed by atoms with E-state index in [2.05, 4.69) is 10.3 Å². The maximum absolute atomic E-state index is 12.0. The molecular weight excluding hydrogens is 258 g/mol. The first-order chi connectivity index (χ1) is 9.68. The number of rotatable bonds is 3. The molecule has 1 saturated carbocycles. The summed E-state index contributed by atoms with van der Waals surface area (Å²) in [4.78, 5) is 39.4. The second-order valence-electron chi connectivity index (χ2n) is 4.96. The van der Waals surface area contributed by atoms with E-state index in [0.29, 0.717) is 18.8 Å². The molecule has 0 aromatic heterocycles. The maximum Gasteiger partial charge on any atom is 0.316 e. The van der Waals surface area contributed by atoms with Gasteiger partial charge in [-0.1, -0.05) is 18.2 Å². The van der Waals surface area contributed by atoms with Crippen molar-refractivity contribution in [1.82, 2.24) is 5.32 Å². The molecule has 1 aromatic carbocycles. The van der Waals surface area contributed by atoms with Crippen molar-refractivity contribution in [3.63, 3.8) is 0 Å². The molecule has 0 unspecified atom stereocenters. The highest BCUT2D eigenvalue weighted by molar-refractivity contribution is 6.41. The number of hydrogen-bond acceptors (Lipinski definition) is 4. The molecule has 2 aliphatic rings. The Morgan fingerprint density at radius 3 is 2.70 bits per heavy atom. The Morgan fingerprint density at radius 1 is 1.25 bits per heavy atom. The average molecular weight is 271 g/mol. The van der Waals surface area contributed by atoms with Gasteiger partial charge in [-0.2, -0.15) is 4.99 Å². The molecule has 20 heavy (non-hydrogen) atoms. The van der Waals surface area contributed by atoms with Gasteiger partial charge in [-0.25, -0.2) is 4.79 Å². The SMILES string of the molecule is O=C=NC1(c2ccccc2N2CCNC(=O)C2=O)CC1. The lowest BCUT2D eigenvalue weighted by Crippen LogP contribution is -2.52. The molecule has 2 fully saturated rings. The monoisotopic (exact) mass is 271 g/mol. The van der Waals surface area contributed by atoms with Crippen molar-refractivity contribution in [2.24, 2.45) is 4.99 Å². The van der Waals surface area contributed by atoms with Crippen LogP contribution >= 0.6 is 0 Å². The van der Waals surface area contributed by atoms with Gasteiger partial charge in [0.05, 0.1) is 0 Å². The number of para-hydroxylation sites is 1. The van der Waals surface area contributed by atoms with Gasteiger partial charge in [-0.15, -0.1) is 0 Å². The van der Waals surface area contributed by atoms with Crippen molar-refractivity contribution in [3.8, 4) is 0 Å². The minimum absolute atomic E-state index is 0.419. The molecule has 0 radical (unpaired) electrons. The first-order valence-electron chi connectivity index (χ1n) is 6.46. The Labute approximate surface area is 115 Å². The quantitative estimate of drug-likeness (QED) is 0.493. The van der Waals surface area contributed by atoms with Gasteiger partial charge in [-0.05, 0) is 18.9 Å². The molecule has 1 heterocycles. The fourth-order valence-corrected chi connectivity index (χ4v) is 2.56. The molecule has 1 saturated heterocycles. The van der Waals surface area contributed by atoms with Crippen LogP contribution in [-0.2, 0) is 19.9 Å². The molecule has 0 bridgehead atoms. The highest BCUT2D eigenvalue weighted by atomic mass is 16.2. The van der Waals surface area contributed by atoms with Crippen LogP contribution in [0.5, 0.6) is 0 Å². The second-order valence-corrected chi connectivity index (χ2v) is 4.96. The van der Waals surface area contributed by atoms with Gasteiger partial charge in [0.15, 0.2) is 0 Å². The fourth-order valence-electron chi connectivity index (χ4n) is 2.56. The van der Waals surface area contributed by atoms with Gasteiger partial charge in [0.1, 0.15) is 5.54 Å². The van der Waals surface area contributed by atoms with Crippen LogP contribution in [0.3, 0.4) is 0 Å². The summed E-state index contributed by atoms with van der Waals surface area (Å²) in [7, 11) is 0. The predicted molar refractivity (Wildman–Crippen MR) is 70.8 cm³/mol. The molecule has 3 rings (SSSR count). The summed E-state index contributed by atoms with van der Waals surface area (Å²) in [5.74, 6) is -1.18. The number of carbonyl (C=O) groups excluding carboxylic acids is 3. The minimum atomic E-state index is -0.602. The molecule has 2 amide bonds. The number of piperazine rings is 1. The fraction of sp³-hybridized carbons (Fsp3) is 0.357. The first-order valence-corrected chi connectivity index (χ1v) is 6.46. The molecule has 6 heteroatoms. The van der Waals surface area contributed by atoms with E-state index < -0.39 is 17.4 Å². The van der Waals surface area contributed by atoms with Gasteiger partial charge in [0.25, 0.3) is 0 Å². The summed E-state index contributed by atoms with van der Waals surface area (Å²) < 4.78 is 0. The van der Waals surface area contributed by atoms with Gasteiger partial charge in [0.2, 0.25) is 6.08 Å². The lowest BCUT2D eigenvalue weighted by Gasteiger charge is -2.29. The standard InChI is InChI=1S/C14H13N3O3/c18-9-16-14(5-6-14)10-3-1-2-4-11(10)17-8-7-15-12(19)13(17)20/h1-4H,5-8H2,(H,15,19). The molecule has 0 spiro atoms. The van der Waals surface area contributed by atoms with Crippen LogP contribution < -0.4 is 10.2 Å². The maximum atomic E-state index is 12.0. The summed E-state index contributed by atoms with van der Waals surface area (Å²) in [6, 6.07) is 7.28. The Bertz CT molecular complexity index is 630. The average Bonchev–Trinajstić information content (AvgIpc) is 3.23. The molecule has 0 atom stereocenters. The van der Waals surface area contributed by atoms with E-state index in [1.807, 2.05) is 12.1 Å². The highest BCUT2D eigenvalue weighted by Crippen LogP contribution is 2.52. The van der Waals surface area contributed by atoms with E-state index in [0.717, 1.165) is 18.4 Å². The van der Waals surface area contributed by atoms with Crippen LogP contribution in [0.1, 0.15) is 18.4 Å². The van der Waals surface area contributed by atoms with Crippen molar-refractivity contribution in [1.29, 1.82) is 0 Å².